The Morgan fingerprint density at radius 3 is 2.55 bits per heavy atom. The van der Waals surface area contributed by atoms with Crippen LogP contribution in [-0.4, -0.2) is 18.5 Å². The third kappa shape index (κ3) is 4.09. The second-order valence-electron chi connectivity index (χ2n) is 4.89. The first-order valence-electron chi connectivity index (χ1n) is 6.60. The van der Waals surface area contributed by atoms with Gasteiger partial charge in [0, 0.05) is 18.1 Å². The van der Waals surface area contributed by atoms with Crippen LogP contribution in [0.2, 0.25) is 5.02 Å². The van der Waals surface area contributed by atoms with Crippen molar-refractivity contribution in [3.05, 3.63) is 70.2 Å². The predicted molar refractivity (Wildman–Crippen MR) is 82.6 cm³/mol. The van der Waals surface area contributed by atoms with Crippen molar-refractivity contribution in [2.75, 3.05) is 13.6 Å². The third-order valence-electron chi connectivity index (χ3n) is 3.25. The molecule has 102 valence electrons. The van der Waals surface area contributed by atoms with E-state index >= 15 is 0 Å². The van der Waals surface area contributed by atoms with Gasteiger partial charge in [-0.15, -0.1) is 0 Å². The SMILES string of the molecule is CN(CCc1ccccc1)Cc1ccc(C#N)cc1Cl. The lowest BCUT2D eigenvalue weighted by molar-refractivity contribution is 0.331. The van der Waals surface area contributed by atoms with Crippen molar-refractivity contribution >= 4 is 11.6 Å². The fraction of sp³-hybridized carbons (Fsp3) is 0.235. The summed E-state index contributed by atoms with van der Waals surface area (Å²) in [6, 6.07) is 18.0. The van der Waals surface area contributed by atoms with Gasteiger partial charge in [0.2, 0.25) is 0 Å². The Bertz CT molecular complexity index is 602. The topological polar surface area (TPSA) is 27.0 Å². The summed E-state index contributed by atoms with van der Waals surface area (Å²) in [6.45, 7) is 1.76. The van der Waals surface area contributed by atoms with Crippen LogP contribution in [0.1, 0.15) is 16.7 Å². The van der Waals surface area contributed by atoms with Crippen molar-refractivity contribution in [1.29, 1.82) is 5.26 Å². The summed E-state index contributed by atoms with van der Waals surface area (Å²) < 4.78 is 0. The van der Waals surface area contributed by atoms with E-state index in [0.29, 0.717) is 10.6 Å². The van der Waals surface area contributed by atoms with Gasteiger partial charge in [0.05, 0.1) is 11.6 Å². The first-order chi connectivity index (χ1) is 9.69. The minimum Gasteiger partial charge on any atom is -0.302 e. The first-order valence-corrected chi connectivity index (χ1v) is 6.98. The van der Waals surface area contributed by atoms with Crippen LogP contribution in [0.4, 0.5) is 0 Å². The summed E-state index contributed by atoms with van der Waals surface area (Å²) in [4.78, 5) is 2.24. The van der Waals surface area contributed by atoms with Gasteiger partial charge in [-0.2, -0.15) is 5.26 Å². The molecule has 2 rings (SSSR count). The van der Waals surface area contributed by atoms with Gasteiger partial charge in [-0.3, -0.25) is 0 Å². The molecule has 0 saturated heterocycles. The average Bonchev–Trinajstić information content (AvgIpc) is 2.48. The van der Waals surface area contributed by atoms with Crippen molar-refractivity contribution < 1.29 is 0 Å². The molecule has 0 spiro atoms. The highest BCUT2D eigenvalue weighted by Crippen LogP contribution is 2.19. The summed E-state index contributed by atoms with van der Waals surface area (Å²) in [6.07, 6.45) is 1.02. The number of nitriles is 1. The molecule has 0 atom stereocenters. The Morgan fingerprint density at radius 2 is 1.90 bits per heavy atom. The highest BCUT2D eigenvalue weighted by molar-refractivity contribution is 6.31. The van der Waals surface area contributed by atoms with Crippen molar-refractivity contribution in [3.8, 4) is 6.07 Å². The van der Waals surface area contributed by atoms with E-state index in [-0.39, 0.29) is 0 Å². The molecule has 0 saturated carbocycles. The first kappa shape index (κ1) is 14.6. The number of hydrogen-bond donors (Lipinski definition) is 0. The molecule has 20 heavy (non-hydrogen) atoms. The van der Waals surface area contributed by atoms with E-state index < -0.39 is 0 Å². The van der Waals surface area contributed by atoms with Gasteiger partial charge < -0.3 is 4.90 Å². The second-order valence-corrected chi connectivity index (χ2v) is 5.30. The predicted octanol–water partition coefficient (Wildman–Crippen LogP) is 3.89. The molecule has 2 aromatic carbocycles. The largest absolute Gasteiger partial charge is 0.302 e. The van der Waals surface area contributed by atoms with Gasteiger partial charge in [-0.1, -0.05) is 48.0 Å². The maximum absolute atomic E-state index is 8.83. The highest BCUT2D eigenvalue weighted by atomic mass is 35.5. The lowest BCUT2D eigenvalue weighted by Gasteiger charge is -2.17. The van der Waals surface area contributed by atoms with Gasteiger partial charge in [0.1, 0.15) is 0 Å². The van der Waals surface area contributed by atoms with Gasteiger partial charge >= 0.3 is 0 Å². The lowest BCUT2D eigenvalue weighted by atomic mass is 10.1. The third-order valence-corrected chi connectivity index (χ3v) is 3.60. The van der Waals surface area contributed by atoms with Crippen molar-refractivity contribution in [2.24, 2.45) is 0 Å². The number of hydrogen-bond acceptors (Lipinski definition) is 2. The fourth-order valence-electron chi connectivity index (χ4n) is 2.08. The number of halogens is 1. The van der Waals surface area contributed by atoms with Gasteiger partial charge in [0.15, 0.2) is 0 Å². The van der Waals surface area contributed by atoms with E-state index in [9.17, 15) is 0 Å². The molecule has 0 N–H and O–H groups in total. The molecular weight excluding hydrogens is 268 g/mol. The standard InChI is InChI=1S/C17H17ClN2/c1-20(10-9-14-5-3-2-4-6-14)13-16-8-7-15(12-19)11-17(16)18/h2-8,11H,9-10,13H2,1H3. The quantitative estimate of drug-likeness (QED) is 0.833. The molecule has 0 radical (unpaired) electrons. The molecular formula is C17H17ClN2. The summed E-state index contributed by atoms with van der Waals surface area (Å²) >= 11 is 6.19. The van der Waals surface area contributed by atoms with Crippen LogP contribution >= 0.6 is 11.6 Å². The van der Waals surface area contributed by atoms with Crippen molar-refractivity contribution in [3.63, 3.8) is 0 Å². The summed E-state index contributed by atoms with van der Waals surface area (Å²) in [5, 5.41) is 9.49. The molecule has 0 amide bonds. The van der Waals surface area contributed by atoms with Crippen LogP contribution < -0.4 is 0 Å². The fourth-order valence-corrected chi connectivity index (χ4v) is 2.32. The van der Waals surface area contributed by atoms with E-state index in [2.05, 4.69) is 42.3 Å². The number of likely N-dealkylation sites (N-methyl/N-ethyl adjacent to an activating group) is 1. The van der Waals surface area contributed by atoms with Gasteiger partial charge in [-0.05, 0) is 36.7 Å². The zero-order chi connectivity index (χ0) is 14.4. The minimum atomic E-state index is 0.602. The maximum Gasteiger partial charge on any atom is 0.0992 e. The van der Waals surface area contributed by atoms with E-state index in [4.69, 9.17) is 16.9 Å². The van der Waals surface area contributed by atoms with Crippen molar-refractivity contribution in [2.45, 2.75) is 13.0 Å². The van der Waals surface area contributed by atoms with Crippen LogP contribution in [0, 0.1) is 11.3 Å². The van der Waals surface area contributed by atoms with E-state index in [1.54, 1.807) is 6.07 Å². The zero-order valence-corrected chi connectivity index (χ0v) is 12.3. The minimum absolute atomic E-state index is 0.602. The number of rotatable bonds is 5. The Kier molecular flexibility index (Phi) is 5.17. The molecule has 0 heterocycles. The molecule has 0 bridgehead atoms. The smallest absolute Gasteiger partial charge is 0.0992 e. The Hall–Kier alpha value is -1.82. The van der Waals surface area contributed by atoms with Crippen LogP contribution in [0.3, 0.4) is 0 Å². The van der Waals surface area contributed by atoms with E-state index in [1.165, 1.54) is 5.56 Å². The van der Waals surface area contributed by atoms with Crippen LogP contribution in [0.25, 0.3) is 0 Å². The van der Waals surface area contributed by atoms with E-state index in [1.807, 2.05) is 18.2 Å². The molecule has 0 aliphatic carbocycles. The molecule has 0 aromatic heterocycles. The summed E-state index contributed by atoms with van der Waals surface area (Å²) in [5.74, 6) is 0. The molecule has 2 aromatic rings. The molecule has 2 nitrogen and oxygen atoms in total. The normalized spacial score (nSPS) is 10.5. The second kappa shape index (κ2) is 7.09. The molecule has 0 fully saturated rings. The Labute approximate surface area is 125 Å². The van der Waals surface area contributed by atoms with Crippen LogP contribution in [-0.2, 0) is 13.0 Å². The number of nitrogens with zero attached hydrogens (tertiary/aromatic N) is 2. The van der Waals surface area contributed by atoms with Gasteiger partial charge in [-0.25, -0.2) is 0 Å². The average molecular weight is 285 g/mol. The van der Waals surface area contributed by atoms with Crippen LogP contribution in [0.15, 0.2) is 48.5 Å². The highest BCUT2D eigenvalue weighted by Gasteiger charge is 2.06. The molecule has 0 aliphatic rings. The lowest BCUT2D eigenvalue weighted by Crippen LogP contribution is -2.20. The monoisotopic (exact) mass is 284 g/mol. The Balaban J connectivity index is 1.91. The zero-order valence-electron chi connectivity index (χ0n) is 11.5. The summed E-state index contributed by atoms with van der Waals surface area (Å²) in [7, 11) is 2.08. The van der Waals surface area contributed by atoms with Crippen LogP contribution in [0.5, 0.6) is 0 Å². The van der Waals surface area contributed by atoms with E-state index in [0.717, 1.165) is 25.1 Å². The number of benzene rings is 2. The Morgan fingerprint density at radius 1 is 1.15 bits per heavy atom. The summed E-state index contributed by atoms with van der Waals surface area (Å²) in [5.41, 5.74) is 3.00. The van der Waals surface area contributed by atoms with Gasteiger partial charge in [0.25, 0.3) is 0 Å². The molecule has 3 heteroatoms. The molecule has 0 aliphatic heterocycles. The maximum atomic E-state index is 8.83. The molecule has 0 unspecified atom stereocenters. The van der Waals surface area contributed by atoms with Crippen molar-refractivity contribution in [1.82, 2.24) is 4.90 Å².